The predicted molar refractivity (Wildman–Crippen MR) is 205 cm³/mol. The maximum atomic E-state index is 5.67. The second-order valence-corrected chi connectivity index (χ2v) is 13.2. The summed E-state index contributed by atoms with van der Waals surface area (Å²) >= 11 is 2.28. The molecule has 0 bridgehead atoms. The number of nitrogens with zero attached hydrogens (tertiary/aromatic N) is 6. The summed E-state index contributed by atoms with van der Waals surface area (Å²) in [6, 6.07) is 19.7. The zero-order valence-corrected chi connectivity index (χ0v) is 31.5. The third-order valence-electron chi connectivity index (χ3n) is 8.57. The smallest absolute Gasteiger partial charge is 0.294 e. The van der Waals surface area contributed by atoms with Crippen LogP contribution in [0.2, 0.25) is 0 Å². The van der Waals surface area contributed by atoms with E-state index in [9.17, 15) is 0 Å². The Morgan fingerprint density at radius 1 is 0.706 bits per heavy atom. The van der Waals surface area contributed by atoms with Crippen LogP contribution in [0.5, 0.6) is 12.0 Å². The van der Waals surface area contributed by atoms with E-state index >= 15 is 0 Å². The molecule has 0 amide bonds. The topological polar surface area (TPSA) is 146 Å². The molecule has 0 saturated carbocycles. The average Bonchev–Trinajstić information content (AvgIpc) is 3.94. The monoisotopic (exact) mass is 796 g/mol. The molecule has 13 heteroatoms. The van der Waals surface area contributed by atoms with Gasteiger partial charge in [0, 0.05) is 32.9 Å². The van der Waals surface area contributed by atoms with Crippen molar-refractivity contribution in [1.29, 1.82) is 0 Å². The molecule has 51 heavy (non-hydrogen) atoms. The summed E-state index contributed by atoms with van der Waals surface area (Å²) < 4.78 is 24.7. The zero-order chi connectivity index (χ0) is 35.8. The number of aromatic nitrogens is 8. The van der Waals surface area contributed by atoms with Crippen LogP contribution in [-0.4, -0.2) is 53.2 Å². The van der Waals surface area contributed by atoms with Crippen molar-refractivity contribution in [1.82, 2.24) is 40.0 Å². The van der Waals surface area contributed by atoms with Gasteiger partial charge in [0.2, 0.25) is 0 Å². The summed E-state index contributed by atoms with van der Waals surface area (Å²) in [6.07, 6.45) is 1.90. The molecule has 0 aliphatic rings. The lowest BCUT2D eigenvalue weighted by Crippen LogP contribution is -1.96. The summed E-state index contributed by atoms with van der Waals surface area (Å²) in [5, 5.41) is 12.7. The van der Waals surface area contributed by atoms with Gasteiger partial charge in [-0.2, -0.15) is 15.1 Å². The van der Waals surface area contributed by atoms with E-state index in [1.165, 1.54) is 0 Å². The first kappa shape index (κ1) is 34.0. The molecule has 0 radical (unpaired) electrons. The fourth-order valence-corrected chi connectivity index (χ4v) is 7.15. The van der Waals surface area contributed by atoms with Crippen molar-refractivity contribution >= 4 is 44.7 Å². The maximum Gasteiger partial charge on any atom is 0.294 e. The molecule has 0 fully saturated rings. The van der Waals surface area contributed by atoms with Crippen molar-refractivity contribution in [2.24, 2.45) is 7.05 Å². The number of ether oxygens (including phenoxy) is 2. The Morgan fingerprint density at radius 3 is 1.80 bits per heavy atom. The van der Waals surface area contributed by atoms with Crippen LogP contribution in [0.1, 0.15) is 36.8 Å². The van der Waals surface area contributed by atoms with Gasteiger partial charge in [-0.15, -0.1) is 0 Å². The molecular weight excluding hydrogens is 759 g/mol. The third kappa shape index (κ3) is 6.49. The van der Waals surface area contributed by atoms with Gasteiger partial charge in [-0.05, 0) is 105 Å². The molecule has 0 saturated heterocycles. The molecule has 5 heterocycles. The lowest BCUT2D eigenvalue weighted by atomic mass is 9.96. The van der Waals surface area contributed by atoms with Crippen LogP contribution >= 0.6 is 22.6 Å². The van der Waals surface area contributed by atoms with E-state index in [4.69, 9.17) is 23.5 Å². The number of hydrogen-bond acceptors (Lipinski definition) is 9. The SMILES string of the molecule is CCOc1nc2c(-c3c(-c4ccccc4)cnn3C)cc(-c3c(C)noc3C)cc2[nH]1.CCOc1nc2c(I)cc(-c3c(C)noc3C)cc2[nH]1. The minimum Gasteiger partial charge on any atom is -0.465 e. The van der Waals surface area contributed by atoms with Gasteiger partial charge in [-0.25, -0.2) is 0 Å². The quantitative estimate of drug-likeness (QED) is 0.144. The molecule has 8 aromatic rings. The summed E-state index contributed by atoms with van der Waals surface area (Å²) in [6.45, 7) is 12.8. The minimum absolute atomic E-state index is 0.498. The lowest BCUT2D eigenvalue weighted by molar-refractivity contribution is 0.317. The van der Waals surface area contributed by atoms with Gasteiger partial charge in [0.1, 0.15) is 22.6 Å². The van der Waals surface area contributed by atoms with Crippen molar-refractivity contribution < 1.29 is 18.5 Å². The van der Waals surface area contributed by atoms with Crippen molar-refractivity contribution in [3.8, 4) is 56.7 Å². The molecule has 12 nitrogen and oxygen atoms in total. The summed E-state index contributed by atoms with van der Waals surface area (Å²) in [7, 11) is 1.95. The Balaban J connectivity index is 0.000000175. The number of halogens is 1. The lowest BCUT2D eigenvalue weighted by Gasteiger charge is -2.10. The van der Waals surface area contributed by atoms with Gasteiger partial charge in [0.05, 0.1) is 47.5 Å². The highest BCUT2D eigenvalue weighted by atomic mass is 127. The molecule has 3 aromatic carbocycles. The third-order valence-corrected chi connectivity index (χ3v) is 9.39. The van der Waals surface area contributed by atoms with Crippen LogP contribution < -0.4 is 9.47 Å². The Hall–Kier alpha value is -5.44. The van der Waals surface area contributed by atoms with Crippen LogP contribution in [0.3, 0.4) is 0 Å². The zero-order valence-electron chi connectivity index (χ0n) is 29.4. The highest BCUT2D eigenvalue weighted by Crippen LogP contribution is 2.40. The maximum absolute atomic E-state index is 5.67. The molecule has 0 spiro atoms. The van der Waals surface area contributed by atoms with Crippen molar-refractivity contribution in [2.75, 3.05) is 13.2 Å². The first-order valence-electron chi connectivity index (χ1n) is 16.6. The molecule has 0 aliphatic carbocycles. The number of H-pyrrole nitrogens is 2. The first-order chi connectivity index (χ1) is 24.7. The normalized spacial score (nSPS) is 11.3. The highest BCUT2D eigenvalue weighted by Gasteiger charge is 2.22. The van der Waals surface area contributed by atoms with Gasteiger partial charge in [0.25, 0.3) is 12.0 Å². The minimum atomic E-state index is 0.498. The van der Waals surface area contributed by atoms with Gasteiger partial charge in [-0.3, -0.25) is 4.68 Å². The molecule has 5 aromatic heterocycles. The summed E-state index contributed by atoms with van der Waals surface area (Å²) in [5.41, 5.74) is 13.5. The van der Waals surface area contributed by atoms with E-state index in [-0.39, 0.29) is 0 Å². The number of aryl methyl sites for hydroxylation is 5. The molecule has 2 N–H and O–H groups in total. The Kier molecular flexibility index (Phi) is 9.38. The number of hydrogen-bond donors (Lipinski definition) is 2. The molecule has 8 rings (SSSR count). The summed E-state index contributed by atoms with van der Waals surface area (Å²) in [5.74, 6) is 1.60. The Labute approximate surface area is 307 Å². The Morgan fingerprint density at radius 2 is 1.25 bits per heavy atom. The molecule has 260 valence electrons. The standard InChI is InChI=1S/C24H23N5O2.C14H14IN3O2/c1-5-30-24-26-20-12-17(21-14(2)28-31-15(21)3)11-18(22(20)27-24)23-19(13-25-29(23)4)16-9-7-6-8-10-16;1-4-19-14-16-11-6-9(5-10(15)13(11)17-14)12-7(2)18-20-8(12)3/h6-13H,5H2,1-4H3,(H,26,27);5-6H,4H2,1-3H3,(H,16,17). The number of benzene rings is 3. The van der Waals surface area contributed by atoms with Crippen LogP contribution in [0, 0.1) is 31.3 Å². The van der Waals surface area contributed by atoms with Crippen LogP contribution in [0.4, 0.5) is 0 Å². The number of rotatable bonds is 8. The molecule has 0 atom stereocenters. The van der Waals surface area contributed by atoms with E-state index in [0.717, 1.165) is 93.2 Å². The van der Waals surface area contributed by atoms with E-state index in [0.29, 0.717) is 25.2 Å². The van der Waals surface area contributed by atoms with Gasteiger partial charge < -0.3 is 28.5 Å². The van der Waals surface area contributed by atoms with E-state index in [1.54, 1.807) is 0 Å². The van der Waals surface area contributed by atoms with Crippen molar-refractivity contribution in [2.45, 2.75) is 41.5 Å². The molecule has 0 aliphatic heterocycles. The fraction of sp³-hybridized carbons (Fsp3) is 0.237. The van der Waals surface area contributed by atoms with Crippen LogP contribution in [-0.2, 0) is 7.05 Å². The van der Waals surface area contributed by atoms with E-state index in [1.807, 2.05) is 77.7 Å². The van der Waals surface area contributed by atoms with Gasteiger partial charge in [0.15, 0.2) is 0 Å². The average molecular weight is 797 g/mol. The first-order valence-corrected chi connectivity index (χ1v) is 17.7. The highest BCUT2D eigenvalue weighted by molar-refractivity contribution is 14.1. The second kappa shape index (κ2) is 14.1. The van der Waals surface area contributed by atoms with Crippen LogP contribution in [0.15, 0.2) is 69.8 Å². The molecule has 0 unspecified atom stereocenters. The van der Waals surface area contributed by atoms with Crippen molar-refractivity contribution in [3.63, 3.8) is 0 Å². The predicted octanol–water partition coefficient (Wildman–Crippen LogP) is 9.14. The number of nitrogens with one attached hydrogen (secondary N) is 2. The largest absolute Gasteiger partial charge is 0.465 e. The van der Waals surface area contributed by atoms with E-state index in [2.05, 4.69) is 89.4 Å². The summed E-state index contributed by atoms with van der Waals surface area (Å²) in [4.78, 5) is 15.7. The van der Waals surface area contributed by atoms with Gasteiger partial charge >= 0.3 is 0 Å². The van der Waals surface area contributed by atoms with Crippen LogP contribution in [0.25, 0.3) is 66.7 Å². The molecular formula is C38H37IN8O4. The number of imidazole rings is 2. The number of fused-ring (bicyclic) bond motifs is 2. The van der Waals surface area contributed by atoms with Crippen molar-refractivity contribution in [3.05, 3.63) is 87.3 Å². The Bertz CT molecular complexity index is 2450. The van der Waals surface area contributed by atoms with Gasteiger partial charge in [-0.1, -0.05) is 40.6 Å². The van der Waals surface area contributed by atoms with E-state index < -0.39 is 0 Å². The fourth-order valence-electron chi connectivity index (χ4n) is 6.40. The number of aromatic amines is 2. The second-order valence-electron chi connectivity index (χ2n) is 12.0.